The number of rotatable bonds is 8. The molecule has 1 amide bonds. The average molecular weight is 232 g/mol. The molecule has 0 heterocycles. The molecule has 0 aliphatic heterocycles. The zero-order valence-electron chi connectivity index (χ0n) is 10.1. The summed E-state index contributed by atoms with van der Waals surface area (Å²) in [4.78, 5) is 23.5. The van der Waals surface area contributed by atoms with Gasteiger partial charge >= 0.3 is 5.97 Å². The van der Waals surface area contributed by atoms with E-state index in [-0.39, 0.29) is 25.0 Å². The van der Waals surface area contributed by atoms with Gasteiger partial charge in [0.2, 0.25) is 5.91 Å². The molecule has 0 fully saturated rings. The molecule has 0 aromatic rings. The maximum Gasteiger partial charge on any atom is 0.332 e. The molecule has 6 nitrogen and oxygen atoms in total. The summed E-state index contributed by atoms with van der Waals surface area (Å²) < 4.78 is 9.70. The summed E-state index contributed by atoms with van der Waals surface area (Å²) in [6.45, 7) is 3.23. The lowest BCUT2D eigenvalue weighted by Gasteiger charge is -2.10. The molecule has 0 rings (SSSR count). The van der Waals surface area contributed by atoms with Crippen molar-refractivity contribution in [2.24, 2.45) is 0 Å². The Morgan fingerprint density at radius 1 is 1.31 bits per heavy atom. The predicted molar refractivity (Wildman–Crippen MR) is 59.0 cm³/mol. The van der Waals surface area contributed by atoms with E-state index in [2.05, 4.69) is 10.1 Å². The number of esters is 1. The van der Waals surface area contributed by atoms with Gasteiger partial charge in [-0.15, -0.1) is 0 Å². The standard InChI is InChI=1S/C10H20N2O4/c1-4-16-10(14)8-15-6-5-11-7-9(13)12(2)3/h11H,4-8H2,1-3H3. The molecule has 0 saturated heterocycles. The summed E-state index contributed by atoms with van der Waals surface area (Å²) in [5, 5.41) is 2.90. The quantitative estimate of drug-likeness (QED) is 0.440. The number of amides is 1. The SMILES string of the molecule is CCOC(=O)COCCNCC(=O)N(C)C. The molecule has 0 spiro atoms. The third kappa shape index (κ3) is 8.19. The average Bonchev–Trinajstić information content (AvgIpc) is 2.23. The highest BCUT2D eigenvalue weighted by Crippen LogP contribution is 1.81. The smallest absolute Gasteiger partial charge is 0.332 e. The number of carbonyl (C=O) groups excluding carboxylic acids is 2. The first-order chi connectivity index (χ1) is 7.57. The Kier molecular flexibility index (Phi) is 8.46. The zero-order chi connectivity index (χ0) is 12.4. The maximum atomic E-state index is 11.1. The molecule has 0 aromatic heterocycles. The molecule has 0 aliphatic carbocycles. The van der Waals surface area contributed by atoms with E-state index in [4.69, 9.17) is 4.74 Å². The van der Waals surface area contributed by atoms with Gasteiger partial charge in [0.1, 0.15) is 6.61 Å². The van der Waals surface area contributed by atoms with Gasteiger partial charge in [0.25, 0.3) is 0 Å². The van der Waals surface area contributed by atoms with E-state index in [9.17, 15) is 9.59 Å². The number of hydrogen-bond acceptors (Lipinski definition) is 5. The van der Waals surface area contributed by atoms with E-state index in [0.29, 0.717) is 19.8 Å². The molecule has 0 saturated carbocycles. The lowest BCUT2D eigenvalue weighted by molar-refractivity contribution is -0.148. The van der Waals surface area contributed by atoms with E-state index < -0.39 is 0 Å². The van der Waals surface area contributed by atoms with Gasteiger partial charge in [-0.25, -0.2) is 4.79 Å². The summed E-state index contributed by atoms with van der Waals surface area (Å²) in [6, 6.07) is 0. The van der Waals surface area contributed by atoms with Crippen LogP contribution in [-0.4, -0.2) is 63.8 Å². The highest BCUT2D eigenvalue weighted by molar-refractivity contribution is 5.77. The van der Waals surface area contributed by atoms with Crippen molar-refractivity contribution in [1.29, 1.82) is 0 Å². The molecular formula is C10H20N2O4. The Morgan fingerprint density at radius 2 is 2.00 bits per heavy atom. The van der Waals surface area contributed by atoms with Crippen molar-refractivity contribution >= 4 is 11.9 Å². The molecular weight excluding hydrogens is 212 g/mol. The van der Waals surface area contributed by atoms with Gasteiger partial charge in [0.15, 0.2) is 0 Å². The van der Waals surface area contributed by atoms with Crippen molar-refractivity contribution in [3.05, 3.63) is 0 Å². The Balaban J connectivity index is 3.28. The van der Waals surface area contributed by atoms with E-state index in [1.54, 1.807) is 21.0 Å². The molecule has 1 N–H and O–H groups in total. The third-order valence-electron chi connectivity index (χ3n) is 1.72. The maximum absolute atomic E-state index is 11.1. The Morgan fingerprint density at radius 3 is 2.56 bits per heavy atom. The fraction of sp³-hybridized carbons (Fsp3) is 0.800. The third-order valence-corrected chi connectivity index (χ3v) is 1.72. The molecule has 94 valence electrons. The predicted octanol–water partition coefficient (Wildman–Crippen LogP) is -0.756. The number of carbonyl (C=O) groups is 2. The second-order valence-corrected chi connectivity index (χ2v) is 3.32. The van der Waals surface area contributed by atoms with Crippen LogP contribution in [0.15, 0.2) is 0 Å². The highest BCUT2D eigenvalue weighted by atomic mass is 16.6. The van der Waals surface area contributed by atoms with Crippen LogP contribution in [0.1, 0.15) is 6.92 Å². The number of likely N-dealkylation sites (N-methyl/N-ethyl adjacent to an activating group) is 1. The summed E-state index contributed by atoms with van der Waals surface area (Å²) in [6.07, 6.45) is 0. The number of nitrogens with zero attached hydrogens (tertiary/aromatic N) is 1. The fourth-order valence-corrected chi connectivity index (χ4v) is 0.856. The van der Waals surface area contributed by atoms with Crippen LogP contribution in [0.4, 0.5) is 0 Å². The molecule has 0 aliphatic rings. The van der Waals surface area contributed by atoms with Crippen LogP contribution in [0.2, 0.25) is 0 Å². The first kappa shape index (κ1) is 14.9. The van der Waals surface area contributed by atoms with Crippen molar-refractivity contribution in [1.82, 2.24) is 10.2 Å². The summed E-state index contributed by atoms with van der Waals surface area (Å²) in [7, 11) is 3.39. The van der Waals surface area contributed by atoms with E-state index in [0.717, 1.165) is 0 Å². The Hall–Kier alpha value is -1.14. The Bertz CT molecular complexity index is 219. The highest BCUT2D eigenvalue weighted by Gasteiger charge is 2.03. The fourth-order valence-electron chi connectivity index (χ4n) is 0.856. The minimum absolute atomic E-state index is 0.00499. The van der Waals surface area contributed by atoms with Crippen molar-refractivity contribution in [3.8, 4) is 0 Å². The van der Waals surface area contributed by atoms with Crippen LogP contribution in [0, 0.1) is 0 Å². The van der Waals surface area contributed by atoms with Crippen molar-refractivity contribution in [2.45, 2.75) is 6.92 Å². The van der Waals surface area contributed by atoms with Crippen LogP contribution < -0.4 is 5.32 Å². The van der Waals surface area contributed by atoms with Gasteiger partial charge in [0, 0.05) is 20.6 Å². The van der Waals surface area contributed by atoms with E-state index in [1.807, 2.05) is 0 Å². The van der Waals surface area contributed by atoms with Gasteiger partial charge in [-0.1, -0.05) is 0 Å². The van der Waals surface area contributed by atoms with Crippen LogP contribution in [0.25, 0.3) is 0 Å². The monoisotopic (exact) mass is 232 g/mol. The summed E-state index contributed by atoms with van der Waals surface area (Å²) in [5.74, 6) is -0.364. The van der Waals surface area contributed by atoms with Crippen molar-refractivity contribution in [3.63, 3.8) is 0 Å². The lowest BCUT2D eigenvalue weighted by Crippen LogP contribution is -2.34. The first-order valence-electron chi connectivity index (χ1n) is 5.22. The Labute approximate surface area is 95.9 Å². The van der Waals surface area contributed by atoms with Gasteiger partial charge in [0.05, 0.1) is 19.8 Å². The molecule has 0 atom stereocenters. The summed E-state index contributed by atoms with van der Waals surface area (Å²) >= 11 is 0. The first-order valence-corrected chi connectivity index (χ1v) is 5.22. The zero-order valence-corrected chi connectivity index (χ0v) is 10.1. The minimum atomic E-state index is -0.369. The topological polar surface area (TPSA) is 67.9 Å². The van der Waals surface area contributed by atoms with Crippen LogP contribution in [-0.2, 0) is 19.1 Å². The molecule has 6 heteroatoms. The van der Waals surface area contributed by atoms with Gasteiger partial charge < -0.3 is 19.7 Å². The van der Waals surface area contributed by atoms with Crippen LogP contribution in [0.3, 0.4) is 0 Å². The largest absolute Gasteiger partial charge is 0.464 e. The molecule has 0 bridgehead atoms. The number of hydrogen-bond donors (Lipinski definition) is 1. The van der Waals surface area contributed by atoms with Gasteiger partial charge in [-0.05, 0) is 6.92 Å². The van der Waals surface area contributed by atoms with Crippen molar-refractivity contribution < 1.29 is 19.1 Å². The normalized spacial score (nSPS) is 9.94. The second-order valence-electron chi connectivity index (χ2n) is 3.32. The van der Waals surface area contributed by atoms with Crippen LogP contribution in [0.5, 0.6) is 0 Å². The minimum Gasteiger partial charge on any atom is -0.464 e. The van der Waals surface area contributed by atoms with Gasteiger partial charge in [-0.2, -0.15) is 0 Å². The summed E-state index contributed by atoms with van der Waals surface area (Å²) in [5.41, 5.74) is 0. The molecule has 0 unspecified atom stereocenters. The number of ether oxygens (including phenoxy) is 2. The molecule has 0 radical (unpaired) electrons. The number of nitrogens with one attached hydrogen (secondary N) is 1. The van der Waals surface area contributed by atoms with E-state index >= 15 is 0 Å². The molecule has 16 heavy (non-hydrogen) atoms. The lowest BCUT2D eigenvalue weighted by atomic mass is 10.5. The molecule has 0 aromatic carbocycles. The van der Waals surface area contributed by atoms with Gasteiger partial charge in [-0.3, -0.25) is 4.79 Å². The van der Waals surface area contributed by atoms with E-state index in [1.165, 1.54) is 4.90 Å². The van der Waals surface area contributed by atoms with Crippen molar-refractivity contribution in [2.75, 3.05) is 47.0 Å². The van der Waals surface area contributed by atoms with Crippen LogP contribution >= 0.6 is 0 Å². The second kappa shape index (κ2) is 9.11.